The predicted molar refractivity (Wildman–Crippen MR) is 102 cm³/mol. The second-order valence-electron chi connectivity index (χ2n) is 6.60. The normalized spacial score (nSPS) is 11.4. The van der Waals surface area contributed by atoms with Crippen LogP contribution in [0.3, 0.4) is 0 Å². The monoisotopic (exact) mass is 345 g/mol. The van der Waals surface area contributed by atoms with Gasteiger partial charge in [0.05, 0.1) is 22.7 Å². The second kappa shape index (κ2) is 6.22. The second-order valence-corrected chi connectivity index (χ2v) is 6.60. The van der Waals surface area contributed by atoms with Crippen molar-refractivity contribution in [1.29, 1.82) is 0 Å². The first-order valence-corrected chi connectivity index (χ1v) is 8.54. The van der Waals surface area contributed by atoms with Crippen LogP contribution in [0.4, 0.5) is 5.69 Å². The minimum atomic E-state index is -0.174. The van der Waals surface area contributed by atoms with E-state index in [9.17, 15) is 4.79 Å². The van der Waals surface area contributed by atoms with Gasteiger partial charge in [-0.05, 0) is 51.1 Å². The summed E-state index contributed by atoms with van der Waals surface area (Å²) in [5, 5.41) is 9.10. The van der Waals surface area contributed by atoms with E-state index in [1.54, 1.807) is 18.5 Å². The summed E-state index contributed by atoms with van der Waals surface area (Å²) in [7, 11) is 0. The Hall–Kier alpha value is -3.28. The Bertz CT molecular complexity index is 1130. The van der Waals surface area contributed by atoms with Gasteiger partial charge in [-0.2, -0.15) is 5.10 Å². The number of carbonyl (C=O) groups is 1. The molecule has 4 aromatic rings. The van der Waals surface area contributed by atoms with E-state index in [1.165, 1.54) is 0 Å². The van der Waals surface area contributed by atoms with E-state index in [0.29, 0.717) is 5.56 Å². The fourth-order valence-electron chi connectivity index (χ4n) is 3.06. The van der Waals surface area contributed by atoms with Crippen LogP contribution in [0.1, 0.15) is 35.9 Å². The standard InChI is InChI=1S/C20H19N5O/c1-12(2)25-19-17(11-22-25)16(9-13(3)23-19)20(26)24-15-6-7-18-14(10-15)5-4-8-21-18/h4-12H,1-3H3,(H,24,26). The molecular weight excluding hydrogens is 326 g/mol. The molecule has 0 unspecified atom stereocenters. The number of amides is 1. The smallest absolute Gasteiger partial charge is 0.256 e. The van der Waals surface area contributed by atoms with E-state index in [0.717, 1.165) is 33.3 Å². The van der Waals surface area contributed by atoms with Gasteiger partial charge in [-0.15, -0.1) is 0 Å². The third kappa shape index (κ3) is 2.79. The van der Waals surface area contributed by atoms with E-state index in [2.05, 4.69) is 20.4 Å². The number of carbonyl (C=O) groups excluding carboxylic acids is 1. The number of rotatable bonds is 3. The molecule has 6 heteroatoms. The first kappa shape index (κ1) is 16.2. The summed E-state index contributed by atoms with van der Waals surface area (Å²) in [6.45, 7) is 5.97. The first-order chi connectivity index (χ1) is 12.5. The first-order valence-electron chi connectivity index (χ1n) is 8.54. The van der Waals surface area contributed by atoms with Crippen molar-refractivity contribution in [2.75, 3.05) is 5.32 Å². The zero-order valence-corrected chi connectivity index (χ0v) is 14.9. The zero-order chi connectivity index (χ0) is 18.3. The van der Waals surface area contributed by atoms with Gasteiger partial charge in [-0.1, -0.05) is 6.07 Å². The zero-order valence-electron chi connectivity index (χ0n) is 14.9. The predicted octanol–water partition coefficient (Wildman–Crippen LogP) is 4.12. The Kier molecular flexibility index (Phi) is 3.88. The van der Waals surface area contributed by atoms with Crippen molar-refractivity contribution < 1.29 is 4.79 Å². The molecule has 4 rings (SSSR count). The van der Waals surface area contributed by atoms with Gasteiger partial charge < -0.3 is 5.32 Å². The number of aromatic nitrogens is 4. The highest BCUT2D eigenvalue weighted by atomic mass is 16.1. The average Bonchev–Trinajstić information content (AvgIpc) is 3.04. The summed E-state index contributed by atoms with van der Waals surface area (Å²) in [5.41, 5.74) is 3.71. The average molecular weight is 345 g/mol. The van der Waals surface area contributed by atoms with Gasteiger partial charge in [0.15, 0.2) is 5.65 Å². The molecular formula is C20H19N5O. The number of anilines is 1. The van der Waals surface area contributed by atoms with Crippen LogP contribution >= 0.6 is 0 Å². The number of benzene rings is 1. The summed E-state index contributed by atoms with van der Waals surface area (Å²) in [6.07, 6.45) is 3.46. The van der Waals surface area contributed by atoms with Gasteiger partial charge in [0.1, 0.15) is 0 Å². The Morgan fingerprint density at radius 2 is 2.04 bits per heavy atom. The topological polar surface area (TPSA) is 72.7 Å². The van der Waals surface area contributed by atoms with Crippen molar-refractivity contribution in [2.45, 2.75) is 26.8 Å². The van der Waals surface area contributed by atoms with Crippen LogP contribution in [0.2, 0.25) is 0 Å². The van der Waals surface area contributed by atoms with Crippen molar-refractivity contribution in [1.82, 2.24) is 19.7 Å². The highest BCUT2D eigenvalue weighted by molar-refractivity contribution is 6.12. The van der Waals surface area contributed by atoms with Crippen molar-refractivity contribution in [2.24, 2.45) is 0 Å². The Balaban J connectivity index is 1.73. The van der Waals surface area contributed by atoms with E-state index in [-0.39, 0.29) is 11.9 Å². The van der Waals surface area contributed by atoms with Crippen molar-refractivity contribution in [3.8, 4) is 0 Å². The third-order valence-electron chi connectivity index (χ3n) is 4.29. The van der Waals surface area contributed by atoms with E-state index in [1.807, 2.05) is 55.8 Å². The van der Waals surface area contributed by atoms with Gasteiger partial charge in [0.25, 0.3) is 5.91 Å². The molecule has 0 aliphatic rings. The molecule has 0 bridgehead atoms. The van der Waals surface area contributed by atoms with E-state index < -0.39 is 0 Å². The van der Waals surface area contributed by atoms with Crippen LogP contribution in [0, 0.1) is 6.92 Å². The van der Waals surface area contributed by atoms with Gasteiger partial charge >= 0.3 is 0 Å². The highest BCUT2D eigenvalue weighted by Crippen LogP contribution is 2.23. The van der Waals surface area contributed by atoms with Gasteiger partial charge in [0, 0.05) is 29.0 Å². The summed E-state index contributed by atoms with van der Waals surface area (Å²) < 4.78 is 1.83. The minimum absolute atomic E-state index is 0.172. The molecule has 3 heterocycles. The van der Waals surface area contributed by atoms with Gasteiger partial charge in [0.2, 0.25) is 0 Å². The SMILES string of the molecule is Cc1cc(C(=O)Nc2ccc3ncccc3c2)c2cnn(C(C)C)c2n1. The van der Waals surface area contributed by atoms with Crippen LogP contribution in [-0.4, -0.2) is 25.7 Å². The van der Waals surface area contributed by atoms with Crippen LogP contribution in [0.5, 0.6) is 0 Å². The van der Waals surface area contributed by atoms with Gasteiger partial charge in [-0.3, -0.25) is 9.78 Å². The lowest BCUT2D eigenvalue weighted by molar-refractivity contribution is 0.102. The van der Waals surface area contributed by atoms with E-state index in [4.69, 9.17) is 0 Å². The largest absolute Gasteiger partial charge is 0.322 e. The Morgan fingerprint density at radius 1 is 1.19 bits per heavy atom. The highest BCUT2D eigenvalue weighted by Gasteiger charge is 2.17. The molecule has 6 nitrogen and oxygen atoms in total. The van der Waals surface area contributed by atoms with Gasteiger partial charge in [-0.25, -0.2) is 9.67 Å². The summed E-state index contributed by atoms with van der Waals surface area (Å²) >= 11 is 0. The van der Waals surface area contributed by atoms with E-state index >= 15 is 0 Å². The maximum Gasteiger partial charge on any atom is 0.256 e. The molecule has 0 radical (unpaired) electrons. The molecule has 130 valence electrons. The summed E-state index contributed by atoms with van der Waals surface area (Å²) in [4.78, 5) is 21.8. The van der Waals surface area contributed by atoms with Crippen molar-refractivity contribution >= 4 is 33.5 Å². The third-order valence-corrected chi connectivity index (χ3v) is 4.29. The molecule has 0 aliphatic heterocycles. The van der Waals surface area contributed by atoms with Crippen LogP contribution in [0.25, 0.3) is 21.9 Å². The molecule has 0 saturated heterocycles. The number of nitrogens with zero attached hydrogens (tertiary/aromatic N) is 4. The summed E-state index contributed by atoms with van der Waals surface area (Å²) in [6, 6.07) is 11.5. The molecule has 1 amide bonds. The molecule has 26 heavy (non-hydrogen) atoms. The molecule has 3 aromatic heterocycles. The number of hydrogen-bond donors (Lipinski definition) is 1. The van der Waals surface area contributed by atoms with Crippen LogP contribution in [0.15, 0.2) is 48.8 Å². The lowest BCUT2D eigenvalue weighted by Gasteiger charge is -2.10. The molecule has 0 atom stereocenters. The number of nitrogens with one attached hydrogen (secondary N) is 1. The Morgan fingerprint density at radius 3 is 2.85 bits per heavy atom. The molecule has 0 spiro atoms. The summed E-state index contributed by atoms with van der Waals surface area (Å²) in [5.74, 6) is -0.174. The number of fused-ring (bicyclic) bond motifs is 2. The quantitative estimate of drug-likeness (QED) is 0.606. The molecule has 1 aromatic carbocycles. The van der Waals surface area contributed by atoms with Crippen LogP contribution in [-0.2, 0) is 0 Å². The Labute approximate surface area is 150 Å². The fraction of sp³-hybridized carbons (Fsp3) is 0.200. The number of hydrogen-bond acceptors (Lipinski definition) is 4. The number of aryl methyl sites for hydroxylation is 1. The molecule has 0 saturated carbocycles. The molecule has 0 fully saturated rings. The van der Waals surface area contributed by atoms with Crippen molar-refractivity contribution in [3.63, 3.8) is 0 Å². The maximum absolute atomic E-state index is 12.9. The molecule has 0 aliphatic carbocycles. The maximum atomic E-state index is 12.9. The lowest BCUT2D eigenvalue weighted by atomic mass is 10.1. The fourth-order valence-corrected chi connectivity index (χ4v) is 3.06. The number of pyridine rings is 2. The molecule has 1 N–H and O–H groups in total. The minimum Gasteiger partial charge on any atom is -0.322 e. The van der Waals surface area contributed by atoms with Crippen molar-refractivity contribution in [3.05, 3.63) is 60.0 Å². The lowest BCUT2D eigenvalue weighted by Crippen LogP contribution is -2.13. The van der Waals surface area contributed by atoms with Crippen LogP contribution < -0.4 is 5.32 Å².